The van der Waals surface area contributed by atoms with E-state index in [4.69, 9.17) is 20.6 Å². The van der Waals surface area contributed by atoms with Crippen molar-refractivity contribution in [1.82, 2.24) is 5.32 Å². The predicted octanol–water partition coefficient (Wildman–Crippen LogP) is 3.72. The summed E-state index contributed by atoms with van der Waals surface area (Å²) < 4.78 is 15.3. The number of carbonyl (C=O) groups is 3. The standard InChI is InChI=1S/C23H41N2O8P/c1-19(33-34(30,31)32)15-13-11-9-7-5-3-2-4-6-8-10-12-14-16-22(27)25-20(23(28)29)17-18-21(24)26/h2-3,7,9,19-20H,4-6,8,10-18H2,1H3,(H2,24,26)(H,25,27)(H,28,29)(H2,30,31,32)/t19?,20-/m0/s1. The topological polar surface area (TPSA) is 176 Å². The van der Waals surface area contributed by atoms with Crippen molar-refractivity contribution in [2.24, 2.45) is 5.73 Å². The van der Waals surface area contributed by atoms with Crippen LogP contribution in [0.2, 0.25) is 0 Å². The Morgan fingerprint density at radius 3 is 2.09 bits per heavy atom. The zero-order valence-electron chi connectivity index (χ0n) is 20.1. The molecule has 6 N–H and O–H groups in total. The van der Waals surface area contributed by atoms with Crippen molar-refractivity contribution in [3.63, 3.8) is 0 Å². The van der Waals surface area contributed by atoms with E-state index in [9.17, 15) is 18.9 Å². The highest BCUT2D eigenvalue weighted by molar-refractivity contribution is 7.46. The normalized spacial score (nSPS) is 13.9. The second-order valence-electron chi connectivity index (χ2n) is 8.29. The number of carboxylic acids is 1. The van der Waals surface area contributed by atoms with Crippen molar-refractivity contribution >= 4 is 25.6 Å². The molecule has 11 heteroatoms. The number of nitrogens with two attached hydrogens (primary N) is 1. The minimum Gasteiger partial charge on any atom is -0.480 e. The molecule has 0 saturated carbocycles. The summed E-state index contributed by atoms with van der Waals surface area (Å²) in [6.07, 6.45) is 16.9. The molecule has 0 aliphatic heterocycles. The van der Waals surface area contributed by atoms with Crippen molar-refractivity contribution in [3.05, 3.63) is 24.3 Å². The molecule has 10 nitrogen and oxygen atoms in total. The summed E-state index contributed by atoms with van der Waals surface area (Å²) in [4.78, 5) is 51.2. The fraction of sp³-hybridized carbons (Fsp3) is 0.696. The summed E-state index contributed by atoms with van der Waals surface area (Å²) in [5.41, 5.74) is 5.01. The van der Waals surface area contributed by atoms with Gasteiger partial charge in [-0.05, 0) is 58.3 Å². The number of phosphoric ester groups is 1. The third kappa shape index (κ3) is 21.8. The van der Waals surface area contributed by atoms with Crippen molar-refractivity contribution in [3.8, 4) is 0 Å². The van der Waals surface area contributed by atoms with Gasteiger partial charge in [0.1, 0.15) is 6.04 Å². The molecule has 0 aromatic carbocycles. The summed E-state index contributed by atoms with van der Waals surface area (Å²) in [6.45, 7) is 1.65. The number of aliphatic carboxylic acids is 1. The maximum absolute atomic E-state index is 11.9. The van der Waals surface area contributed by atoms with Crippen LogP contribution in [0.5, 0.6) is 0 Å². The maximum Gasteiger partial charge on any atom is 0.469 e. The van der Waals surface area contributed by atoms with Crippen molar-refractivity contribution in [2.75, 3.05) is 0 Å². The highest BCUT2D eigenvalue weighted by Crippen LogP contribution is 2.38. The molecular weight excluding hydrogens is 463 g/mol. The molecule has 34 heavy (non-hydrogen) atoms. The Morgan fingerprint density at radius 2 is 1.50 bits per heavy atom. The van der Waals surface area contributed by atoms with Gasteiger partial charge >= 0.3 is 13.8 Å². The van der Waals surface area contributed by atoms with E-state index in [0.717, 1.165) is 51.4 Å². The van der Waals surface area contributed by atoms with E-state index in [1.54, 1.807) is 6.92 Å². The van der Waals surface area contributed by atoms with E-state index in [1.807, 2.05) is 0 Å². The minimum absolute atomic E-state index is 0.00373. The zero-order valence-corrected chi connectivity index (χ0v) is 21.0. The first-order chi connectivity index (χ1) is 16.0. The van der Waals surface area contributed by atoms with E-state index in [0.29, 0.717) is 12.8 Å². The van der Waals surface area contributed by atoms with Gasteiger partial charge in [0.25, 0.3) is 0 Å². The van der Waals surface area contributed by atoms with Gasteiger partial charge in [-0.2, -0.15) is 0 Å². The molecule has 0 aromatic rings. The summed E-state index contributed by atoms with van der Waals surface area (Å²) in [5.74, 6) is -2.08. The first-order valence-electron chi connectivity index (χ1n) is 11.9. The van der Waals surface area contributed by atoms with Crippen LogP contribution < -0.4 is 11.1 Å². The molecule has 2 amide bonds. The maximum atomic E-state index is 11.9. The molecule has 0 saturated heterocycles. The minimum atomic E-state index is -4.40. The van der Waals surface area contributed by atoms with Crippen LogP contribution in [0.4, 0.5) is 0 Å². The number of primary amides is 1. The van der Waals surface area contributed by atoms with Crippen LogP contribution in [-0.2, 0) is 23.5 Å². The third-order valence-corrected chi connectivity index (χ3v) is 5.63. The smallest absolute Gasteiger partial charge is 0.469 e. The van der Waals surface area contributed by atoms with Crippen molar-refractivity contribution in [1.29, 1.82) is 0 Å². The highest BCUT2D eigenvalue weighted by Gasteiger charge is 2.20. The first kappa shape index (κ1) is 32.0. The van der Waals surface area contributed by atoms with E-state index >= 15 is 0 Å². The summed E-state index contributed by atoms with van der Waals surface area (Å²) >= 11 is 0. The number of rotatable bonds is 21. The Balaban J connectivity index is 3.65. The van der Waals surface area contributed by atoms with Crippen molar-refractivity contribution < 1.29 is 38.4 Å². The van der Waals surface area contributed by atoms with Crippen LogP contribution in [0.25, 0.3) is 0 Å². The second kappa shape index (κ2) is 19.3. The fourth-order valence-corrected chi connectivity index (χ4v) is 3.78. The molecule has 0 bridgehead atoms. The second-order valence-corrected chi connectivity index (χ2v) is 9.48. The van der Waals surface area contributed by atoms with Crippen LogP contribution in [-0.4, -0.2) is 44.8 Å². The van der Waals surface area contributed by atoms with Crippen LogP contribution in [0, 0.1) is 0 Å². The molecular formula is C23H41N2O8P. The number of carboxylic acid groups (broad SMARTS) is 1. The molecule has 0 aromatic heterocycles. The summed E-state index contributed by atoms with van der Waals surface area (Å²) in [5, 5.41) is 11.5. The quantitative estimate of drug-likeness (QED) is 0.0892. The number of carbonyl (C=O) groups excluding carboxylic acids is 2. The highest BCUT2D eigenvalue weighted by atomic mass is 31.2. The Labute approximate surface area is 202 Å². The lowest BCUT2D eigenvalue weighted by Crippen LogP contribution is -2.41. The van der Waals surface area contributed by atoms with Crippen molar-refractivity contribution in [2.45, 2.75) is 103 Å². The number of phosphoric acid groups is 1. The fourth-order valence-electron chi connectivity index (χ4n) is 3.21. The van der Waals surface area contributed by atoms with Gasteiger partial charge in [0.2, 0.25) is 11.8 Å². The molecule has 2 atom stereocenters. The molecule has 0 spiro atoms. The van der Waals surface area contributed by atoms with Crippen LogP contribution >= 0.6 is 7.82 Å². The van der Waals surface area contributed by atoms with Gasteiger partial charge < -0.3 is 25.9 Å². The number of hydrogen-bond acceptors (Lipinski definition) is 5. The summed E-state index contributed by atoms with van der Waals surface area (Å²) in [6, 6.07) is -1.08. The van der Waals surface area contributed by atoms with E-state index < -0.39 is 31.8 Å². The number of nitrogens with one attached hydrogen (secondary N) is 1. The van der Waals surface area contributed by atoms with Gasteiger partial charge in [-0.1, -0.05) is 43.6 Å². The molecule has 0 radical (unpaired) electrons. The van der Waals surface area contributed by atoms with Gasteiger partial charge in [0.05, 0.1) is 6.10 Å². The largest absolute Gasteiger partial charge is 0.480 e. The molecule has 1 unspecified atom stereocenters. The van der Waals surface area contributed by atoms with Crippen LogP contribution in [0.1, 0.15) is 90.4 Å². The Bertz CT molecular complexity index is 705. The molecule has 0 heterocycles. The SMILES string of the molecule is CC(CCCC=CCC=CCCCCCCCC(=O)N[C@@H](CCC(N)=O)C(=O)O)OP(=O)(O)O. The third-order valence-electron chi connectivity index (χ3n) is 4.99. The predicted molar refractivity (Wildman–Crippen MR) is 130 cm³/mol. The Morgan fingerprint density at radius 1 is 0.912 bits per heavy atom. The monoisotopic (exact) mass is 504 g/mol. The van der Waals surface area contributed by atoms with Gasteiger partial charge in [0.15, 0.2) is 0 Å². The lowest BCUT2D eigenvalue weighted by Gasteiger charge is -2.13. The molecule has 0 aliphatic rings. The lowest BCUT2D eigenvalue weighted by molar-refractivity contribution is -0.142. The average molecular weight is 505 g/mol. The zero-order chi connectivity index (χ0) is 25.8. The van der Waals surface area contributed by atoms with Gasteiger partial charge in [0, 0.05) is 12.8 Å². The van der Waals surface area contributed by atoms with Gasteiger partial charge in [-0.15, -0.1) is 0 Å². The van der Waals surface area contributed by atoms with Crippen LogP contribution in [0.3, 0.4) is 0 Å². The molecule has 196 valence electrons. The van der Waals surface area contributed by atoms with Gasteiger partial charge in [-0.25, -0.2) is 9.36 Å². The van der Waals surface area contributed by atoms with E-state index in [1.165, 1.54) is 0 Å². The van der Waals surface area contributed by atoms with E-state index in [-0.39, 0.29) is 25.2 Å². The molecule has 0 fully saturated rings. The first-order valence-corrected chi connectivity index (χ1v) is 13.4. The molecule has 0 aliphatic carbocycles. The number of unbranched alkanes of at least 4 members (excludes halogenated alkanes) is 6. The number of allylic oxidation sites excluding steroid dienone is 4. The Hall–Kier alpha value is -2.00. The van der Waals surface area contributed by atoms with E-state index in [2.05, 4.69) is 34.1 Å². The van der Waals surface area contributed by atoms with Gasteiger partial charge in [-0.3, -0.25) is 14.1 Å². The number of amides is 2. The van der Waals surface area contributed by atoms with Crippen LogP contribution in [0.15, 0.2) is 24.3 Å². The summed E-state index contributed by atoms with van der Waals surface area (Å²) in [7, 11) is -4.40. The molecule has 0 rings (SSSR count). The number of hydrogen-bond donors (Lipinski definition) is 5. The average Bonchev–Trinajstić information content (AvgIpc) is 2.72. The Kier molecular flexibility index (Phi) is 18.2. The lowest BCUT2D eigenvalue weighted by atomic mass is 10.1.